The molecule has 1 rings (SSSR count). The van der Waals surface area contributed by atoms with E-state index in [1.54, 1.807) is 13.8 Å². The van der Waals surface area contributed by atoms with Crippen molar-refractivity contribution in [2.24, 2.45) is 17.8 Å². The van der Waals surface area contributed by atoms with Gasteiger partial charge in [0.2, 0.25) is 0 Å². The molecule has 1 saturated carbocycles. The molecule has 3 atom stereocenters. The lowest BCUT2D eigenvalue weighted by molar-refractivity contribution is -0.150. The Morgan fingerprint density at radius 1 is 1.22 bits per heavy atom. The molecule has 0 saturated heterocycles. The van der Waals surface area contributed by atoms with Crippen molar-refractivity contribution in [1.82, 2.24) is 0 Å². The van der Waals surface area contributed by atoms with E-state index in [0.29, 0.717) is 17.8 Å². The van der Waals surface area contributed by atoms with Gasteiger partial charge in [-0.1, -0.05) is 33.8 Å². The zero-order valence-electron chi connectivity index (χ0n) is 15.0. The van der Waals surface area contributed by atoms with Gasteiger partial charge in [0.1, 0.15) is 11.4 Å². The van der Waals surface area contributed by atoms with Crippen LogP contribution in [0.2, 0.25) is 0 Å². The van der Waals surface area contributed by atoms with Gasteiger partial charge in [-0.2, -0.15) is 0 Å². The number of ether oxygens (including phenoxy) is 1. The third-order valence-corrected chi connectivity index (χ3v) is 6.42. The Morgan fingerprint density at radius 3 is 2.26 bits per heavy atom. The Bertz CT molecular complexity index is 450. The molecule has 5 nitrogen and oxygen atoms in total. The fourth-order valence-corrected chi connectivity index (χ4v) is 4.44. The fraction of sp³-hybridized carbons (Fsp3) is 0.824. The first-order valence-electron chi connectivity index (χ1n) is 8.54. The van der Waals surface area contributed by atoms with Gasteiger partial charge >= 0.3 is 13.6 Å². The normalized spacial score (nSPS) is 25.4. The van der Waals surface area contributed by atoms with Crippen molar-refractivity contribution in [1.29, 1.82) is 0 Å². The lowest BCUT2D eigenvalue weighted by Gasteiger charge is -2.37. The number of carbonyl (C=O) groups excluding carboxylic acids is 1. The van der Waals surface area contributed by atoms with E-state index in [9.17, 15) is 9.36 Å². The summed E-state index contributed by atoms with van der Waals surface area (Å²) < 4.78 is 28.6. The van der Waals surface area contributed by atoms with Gasteiger partial charge in [-0.25, -0.2) is 4.79 Å². The summed E-state index contributed by atoms with van der Waals surface area (Å²) in [4.78, 5) is 12.4. The van der Waals surface area contributed by atoms with Gasteiger partial charge in [0.05, 0.1) is 13.2 Å². The highest BCUT2D eigenvalue weighted by atomic mass is 31.2. The monoisotopic (exact) mass is 346 g/mol. The minimum atomic E-state index is -3.66. The van der Waals surface area contributed by atoms with Crippen LogP contribution in [0.4, 0.5) is 0 Å². The third-order valence-electron chi connectivity index (χ3n) is 4.38. The van der Waals surface area contributed by atoms with Crippen LogP contribution in [-0.4, -0.2) is 25.3 Å². The van der Waals surface area contributed by atoms with Crippen molar-refractivity contribution in [2.45, 2.75) is 60.0 Å². The maximum Gasteiger partial charge on any atom is 0.368 e. The number of hydrogen-bond donors (Lipinski definition) is 0. The van der Waals surface area contributed by atoms with Gasteiger partial charge in [-0.15, -0.1) is 0 Å². The second-order valence-electron chi connectivity index (χ2n) is 6.55. The molecule has 0 heterocycles. The Kier molecular flexibility index (Phi) is 7.99. The summed E-state index contributed by atoms with van der Waals surface area (Å²) in [5, 5.41) is -0.207. The molecule has 0 radical (unpaired) electrons. The highest BCUT2D eigenvalue weighted by Gasteiger charge is 2.38. The summed E-state index contributed by atoms with van der Waals surface area (Å²) in [5.41, 5.74) is 0. The summed E-state index contributed by atoms with van der Waals surface area (Å²) >= 11 is 0. The molecule has 0 amide bonds. The van der Waals surface area contributed by atoms with Crippen LogP contribution in [0.25, 0.3) is 0 Å². The molecule has 0 aromatic rings. The van der Waals surface area contributed by atoms with Gasteiger partial charge in [0.25, 0.3) is 0 Å². The molecular weight excluding hydrogens is 315 g/mol. The van der Waals surface area contributed by atoms with Crippen molar-refractivity contribution < 1.29 is 23.1 Å². The van der Waals surface area contributed by atoms with Gasteiger partial charge in [-0.05, 0) is 44.4 Å². The van der Waals surface area contributed by atoms with Crippen LogP contribution in [0.5, 0.6) is 0 Å². The van der Waals surface area contributed by atoms with E-state index in [4.69, 9.17) is 13.8 Å². The highest BCUT2D eigenvalue weighted by molar-refractivity contribution is 7.59. The molecule has 0 aromatic carbocycles. The number of rotatable bonds is 8. The molecule has 0 bridgehead atoms. The number of esters is 1. The Morgan fingerprint density at radius 2 is 1.78 bits per heavy atom. The van der Waals surface area contributed by atoms with Crippen LogP contribution in [0.15, 0.2) is 11.9 Å². The van der Waals surface area contributed by atoms with Crippen LogP contribution in [0, 0.1) is 17.8 Å². The summed E-state index contributed by atoms with van der Waals surface area (Å²) in [6, 6.07) is 0. The first kappa shape index (κ1) is 20.4. The lowest BCUT2D eigenvalue weighted by Crippen LogP contribution is -2.36. The molecule has 1 aliphatic carbocycles. The Labute approximate surface area is 140 Å². The van der Waals surface area contributed by atoms with Gasteiger partial charge < -0.3 is 13.8 Å². The third kappa shape index (κ3) is 5.44. The molecule has 0 unspecified atom stereocenters. The second-order valence-corrected chi connectivity index (χ2v) is 8.60. The molecule has 23 heavy (non-hydrogen) atoms. The minimum Gasteiger partial charge on any atom is -0.458 e. The first-order chi connectivity index (χ1) is 10.7. The summed E-state index contributed by atoms with van der Waals surface area (Å²) in [7, 11) is -3.66. The minimum absolute atomic E-state index is 0.167. The van der Waals surface area contributed by atoms with E-state index in [1.807, 2.05) is 0 Å². The van der Waals surface area contributed by atoms with E-state index >= 15 is 0 Å². The quantitative estimate of drug-likeness (QED) is 0.360. The van der Waals surface area contributed by atoms with E-state index in [0.717, 1.165) is 19.3 Å². The maximum absolute atomic E-state index is 12.6. The molecule has 1 fully saturated rings. The summed E-state index contributed by atoms with van der Waals surface area (Å²) in [5.74, 6) is 0.599. The molecular formula is C17H31O5P. The smallest absolute Gasteiger partial charge is 0.368 e. The van der Waals surface area contributed by atoms with E-state index < -0.39 is 13.6 Å². The van der Waals surface area contributed by atoms with Crippen molar-refractivity contribution in [3.63, 3.8) is 0 Å². The first-order valence-corrected chi connectivity index (χ1v) is 10.1. The van der Waals surface area contributed by atoms with Gasteiger partial charge in [0.15, 0.2) is 0 Å². The summed E-state index contributed by atoms with van der Waals surface area (Å²) in [6.45, 7) is 13.8. The molecule has 0 aliphatic heterocycles. The fourth-order valence-electron chi connectivity index (χ4n) is 3.10. The van der Waals surface area contributed by atoms with Crippen LogP contribution < -0.4 is 0 Å². The predicted molar refractivity (Wildman–Crippen MR) is 91.2 cm³/mol. The summed E-state index contributed by atoms with van der Waals surface area (Å²) in [6.07, 6.45) is 2.85. The molecule has 6 heteroatoms. The van der Waals surface area contributed by atoms with Crippen LogP contribution in [-0.2, 0) is 23.1 Å². The van der Waals surface area contributed by atoms with Crippen molar-refractivity contribution >= 4 is 13.6 Å². The van der Waals surface area contributed by atoms with Gasteiger partial charge in [0, 0.05) is 0 Å². The largest absolute Gasteiger partial charge is 0.458 e. The SMILES string of the molecule is C=C(C(=O)O[C@@H]1C[C@H](C)CC[C@H]1C(C)C)P(=O)(OCC)OCC. The molecule has 1 aliphatic rings. The molecule has 0 aromatic heterocycles. The Balaban J connectivity index is 2.82. The average molecular weight is 346 g/mol. The zero-order chi connectivity index (χ0) is 17.6. The van der Waals surface area contributed by atoms with E-state index in [-0.39, 0.29) is 24.6 Å². The number of hydrogen-bond acceptors (Lipinski definition) is 5. The van der Waals surface area contributed by atoms with E-state index in [1.165, 1.54) is 0 Å². The van der Waals surface area contributed by atoms with Gasteiger partial charge in [-0.3, -0.25) is 4.57 Å². The van der Waals surface area contributed by atoms with Crippen molar-refractivity contribution in [3.8, 4) is 0 Å². The van der Waals surface area contributed by atoms with Crippen LogP contribution in [0.3, 0.4) is 0 Å². The lowest BCUT2D eigenvalue weighted by atomic mass is 9.75. The maximum atomic E-state index is 12.6. The second kappa shape index (κ2) is 9.00. The van der Waals surface area contributed by atoms with E-state index in [2.05, 4.69) is 27.4 Å². The predicted octanol–water partition coefficient (Wildman–Crippen LogP) is 4.77. The van der Waals surface area contributed by atoms with Crippen LogP contribution in [0.1, 0.15) is 53.9 Å². The molecule has 134 valence electrons. The van der Waals surface area contributed by atoms with Crippen molar-refractivity contribution in [3.05, 3.63) is 11.9 Å². The molecule has 0 N–H and O–H groups in total. The van der Waals surface area contributed by atoms with Crippen molar-refractivity contribution in [2.75, 3.05) is 13.2 Å². The zero-order valence-corrected chi connectivity index (χ0v) is 15.9. The van der Waals surface area contributed by atoms with Crippen LogP contribution >= 0.6 is 7.60 Å². The molecule has 0 spiro atoms. The average Bonchev–Trinajstić information content (AvgIpc) is 2.46. The standard InChI is InChI=1S/C17H31O5P/c1-7-20-23(19,21-8-2)14(6)17(18)22-16-11-13(5)9-10-15(16)12(3)4/h12-13,15-16H,6-11H2,1-5H3/t13-,15+,16-/m1/s1. The Hall–Kier alpha value is -0.640. The highest BCUT2D eigenvalue weighted by Crippen LogP contribution is 2.55. The topological polar surface area (TPSA) is 61.8 Å². The number of carbonyl (C=O) groups is 1.